The van der Waals surface area contributed by atoms with Gasteiger partial charge in [-0.25, -0.2) is 4.39 Å². The van der Waals surface area contributed by atoms with Gasteiger partial charge in [0.05, 0.1) is 5.56 Å². The first kappa shape index (κ1) is 10.6. The van der Waals surface area contributed by atoms with Crippen LogP contribution in [0.5, 0.6) is 0 Å². The normalized spacial score (nSPS) is 10.0. The van der Waals surface area contributed by atoms with E-state index in [1.807, 2.05) is 45.2 Å². The second kappa shape index (κ2) is 4.19. The molecule has 0 heterocycles. The van der Waals surface area contributed by atoms with E-state index in [1.165, 1.54) is 12.1 Å². The van der Waals surface area contributed by atoms with Crippen LogP contribution in [0.15, 0.2) is 12.1 Å². The Morgan fingerprint density at radius 3 is 2.33 bits per heavy atom. The summed E-state index contributed by atoms with van der Waals surface area (Å²) in [6.45, 7) is 0. The summed E-state index contributed by atoms with van der Waals surface area (Å²) in [6, 6.07) is 2.73. The maximum atomic E-state index is 13.0. The summed E-state index contributed by atoms with van der Waals surface area (Å²) < 4.78 is 14.6. The molecule has 1 nitrogen and oxygen atoms in total. The van der Waals surface area contributed by atoms with Crippen molar-refractivity contribution in [3.8, 4) is 0 Å². The molecule has 0 saturated heterocycles. The van der Waals surface area contributed by atoms with E-state index < -0.39 is 11.1 Å². The van der Waals surface area contributed by atoms with Crippen LogP contribution in [0, 0.1) is 13.0 Å². The smallest absolute Gasteiger partial charge is 0.255 e. The average Bonchev–Trinajstić information content (AvgIpc) is 1.96. The molecule has 12 heavy (non-hydrogen) atoms. The van der Waals surface area contributed by atoms with Crippen molar-refractivity contribution in [2.75, 3.05) is 0 Å². The summed E-state index contributed by atoms with van der Waals surface area (Å²) in [7, 11) is 0. The summed E-state index contributed by atoms with van der Waals surface area (Å²) in [5, 5.41) is -0.762. The molecule has 0 unspecified atom stereocenters. The van der Waals surface area contributed by atoms with Gasteiger partial charge in [0.1, 0.15) is 5.82 Å². The topological polar surface area (TPSA) is 17.1 Å². The third-order valence-electron chi connectivity index (χ3n) is 1.22. The predicted octanol–water partition coefficient (Wildman–Crippen LogP) is 3.41. The molecular formula is C7H2ClFI2O. The van der Waals surface area contributed by atoms with Crippen LogP contribution in [0.3, 0.4) is 0 Å². The van der Waals surface area contributed by atoms with Crippen molar-refractivity contribution in [1.29, 1.82) is 0 Å². The van der Waals surface area contributed by atoms with Gasteiger partial charge in [0.15, 0.2) is 0 Å². The van der Waals surface area contributed by atoms with Crippen LogP contribution >= 0.6 is 56.8 Å². The fourth-order valence-corrected chi connectivity index (χ4v) is 1.71. The standard InChI is InChI=1S/C7H2ClFI2O/c8-7(12)3-1-5(10)6(11)2-4(3)9/h1-2H. The lowest BCUT2D eigenvalue weighted by Crippen LogP contribution is -1.96. The molecule has 0 saturated carbocycles. The monoisotopic (exact) mass is 410 g/mol. The van der Waals surface area contributed by atoms with Crippen molar-refractivity contribution in [3.05, 3.63) is 30.7 Å². The van der Waals surface area contributed by atoms with E-state index in [0.717, 1.165) is 7.14 Å². The molecule has 1 aromatic carbocycles. The average molecular weight is 410 g/mol. The first-order valence-electron chi connectivity index (χ1n) is 2.86. The third kappa shape index (κ3) is 2.29. The molecule has 0 spiro atoms. The zero-order valence-corrected chi connectivity index (χ0v) is 10.6. The van der Waals surface area contributed by atoms with Crippen LogP contribution in [0.2, 0.25) is 0 Å². The molecular weight excluding hydrogens is 408 g/mol. The Kier molecular flexibility index (Phi) is 3.72. The molecule has 0 N–H and O–H groups in total. The zero-order valence-electron chi connectivity index (χ0n) is 5.57. The molecule has 1 aromatic rings. The highest BCUT2D eigenvalue weighted by atomic mass is 127. The van der Waals surface area contributed by atoms with E-state index in [-0.39, 0.29) is 5.56 Å². The van der Waals surface area contributed by atoms with E-state index in [1.54, 1.807) is 0 Å². The zero-order chi connectivity index (χ0) is 9.30. The number of hydrogen-bond acceptors (Lipinski definition) is 1. The molecule has 0 aliphatic rings. The molecule has 0 aliphatic heterocycles. The Hall–Kier alpha value is 0.570. The van der Waals surface area contributed by atoms with Crippen molar-refractivity contribution >= 4 is 62.0 Å². The van der Waals surface area contributed by atoms with Crippen molar-refractivity contribution in [2.45, 2.75) is 0 Å². The molecule has 0 aromatic heterocycles. The van der Waals surface area contributed by atoms with E-state index in [9.17, 15) is 9.18 Å². The summed E-state index contributed by atoms with van der Waals surface area (Å²) in [6.07, 6.45) is 0. The number of benzene rings is 1. The third-order valence-corrected chi connectivity index (χ3v) is 4.24. The fraction of sp³-hybridized carbons (Fsp3) is 0. The van der Waals surface area contributed by atoms with Gasteiger partial charge in [-0.05, 0) is 68.9 Å². The quantitative estimate of drug-likeness (QED) is 0.394. The Labute approximate surface area is 101 Å². The van der Waals surface area contributed by atoms with Crippen LogP contribution in [0.1, 0.15) is 10.4 Å². The second-order valence-electron chi connectivity index (χ2n) is 2.02. The van der Waals surface area contributed by atoms with Crippen molar-refractivity contribution in [1.82, 2.24) is 0 Å². The van der Waals surface area contributed by atoms with Crippen molar-refractivity contribution in [3.63, 3.8) is 0 Å². The lowest BCUT2D eigenvalue weighted by atomic mass is 10.2. The second-order valence-corrected chi connectivity index (χ2v) is 4.69. The SMILES string of the molecule is O=C(Cl)c1cc(I)c(I)cc1F. The molecule has 0 bridgehead atoms. The number of rotatable bonds is 1. The van der Waals surface area contributed by atoms with Gasteiger partial charge >= 0.3 is 0 Å². The maximum Gasteiger partial charge on any atom is 0.255 e. The first-order valence-corrected chi connectivity index (χ1v) is 5.40. The molecule has 0 radical (unpaired) electrons. The Morgan fingerprint density at radius 2 is 1.83 bits per heavy atom. The van der Waals surface area contributed by atoms with Crippen molar-refractivity contribution in [2.24, 2.45) is 0 Å². The van der Waals surface area contributed by atoms with Gasteiger partial charge < -0.3 is 0 Å². The largest absolute Gasteiger partial charge is 0.275 e. The highest BCUT2D eigenvalue weighted by molar-refractivity contribution is 14.1. The fourth-order valence-electron chi connectivity index (χ4n) is 0.673. The van der Waals surface area contributed by atoms with Gasteiger partial charge in [-0.1, -0.05) is 0 Å². The Bertz CT molecular complexity index is 340. The molecule has 0 atom stereocenters. The number of carbonyl (C=O) groups is 1. The summed E-state index contributed by atoms with van der Waals surface area (Å²) in [5.41, 5.74) is -0.0681. The molecule has 0 amide bonds. The number of halogens is 4. The summed E-state index contributed by atoms with van der Waals surface area (Å²) >= 11 is 9.15. The minimum atomic E-state index is -0.762. The Balaban J connectivity index is 3.33. The molecule has 1 rings (SSSR count). The minimum Gasteiger partial charge on any atom is -0.275 e. The molecule has 0 fully saturated rings. The molecule has 5 heteroatoms. The molecule has 0 aliphatic carbocycles. The maximum absolute atomic E-state index is 13.0. The van der Waals surface area contributed by atoms with E-state index in [2.05, 4.69) is 0 Å². The van der Waals surface area contributed by atoms with Crippen molar-refractivity contribution < 1.29 is 9.18 Å². The van der Waals surface area contributed by atoms with E-state index in [0.29, 0.717) is 0 Å². The van der Waals surface area contributed by atoms with Gasteiger partial charge in [-0.2, -0.15) is 0 Å². The van der Waals surface area contributed by atoms with Crippen LogP contribution in [-0.2, 0) is 0 Å². The van der Waals surface area contributed by atoms with Crippen LogP contribution in [-0.4, -0.2) is 5.24 Å². The highest BCUT2D eigenvalue weighted by Crippen LogP contribution is 2.20. The minimum absolute atomic E-state index is 0.0681. The van der Waals surface area contributed by atoms with Gasteiger partial charge in [-0.3, -0.25) is 4.79 Å². The lowest BCUT2D eigenvalue weighted by Gasteiger charge is -2.00. The number of carbonyl (C=O) groups excluding carboxylic acids is 1. The molecule has 64 valence electrons. The lowest BCUT2D eigenvalue weighted by molar-refractivity contribution is 0.107. The van der Waals surface area contributed by atoms with Gasteiger partial charge in [0.25, 0.3) is 5.24 Å². The van der Waals surface area contributed by atoms with Gasteiger partial charge in [0, 0.05) is 7.14 Å². The first-order chi connectivity index (χ1) is 5.52. The van der Waals surface area contributed by atoms with Gasteiger partial charge in [0.2, 0.25) is 0 Å². The number of hydrogen-bond donors (Lipinski definition) is 0. The van der Waals surface area contributed by atoms with E-state index >= 15 is 0 Å². The Morgan fingerprint density at radius 1 is 1.33 bits per heavy atom. The van der Waals surface area contributed by atoms with Crippen LogP contribution in [0.4, 0.5) is 4.39 Å². The van der Waals surface area contributed by atoms with E-state index in [4.69, 9.17) is 11.6 Å². The highest BCUT2D eigenvalue weighted by Gasteiger charge is 2.11. The summed E-state index contributed by atoms with van der Waals surface area (Å²) in [5.74, 6) is -0.570. The summed E-state index contributed by atoms with van der Waals surface area (Å²) in [4.78, 5) is 10.6. The predicted molar refractivity (Wildman–Crippen MR) is 62.0 cm³/mol. The van der Waals surface area contributed by atoms with Gasteiger partial charge in [-0.15, -0.1) is 0 Å². The van der Waals surface area contributed by atoms with Crippen LogP contribution < -0.4 is 0 Å². The van der Waals surface area contributed by atoms with Crippen LogP contribution in [0.25, 0.3) is 0 Å².